The molecule has 2 aliphatic heterocycles. The number of benzene rings is 1. The first-order chi connectivity index (χ1) is 15.2. The van der Waals surface area contributed by atoms with Gasteiger partial charge in [0.15, 0.2) is 11.5 Å². The van der Waals surface area contributed by atoms with Gasteiger partial charge in [-0.3, -0.25) is 14.6 Å². The van der Waals surface area contributed by atoms with Crippen molar-refractivity contribution in [3.8, 4) is 11.5 Å². The Bertz CT molecular complexity index is 1110. The molecule has 4 heterocycles. The molecule has 5 rings (SSSR count). The van der Waals surface area contributed by atoms with Crippen molar-refractivity contribution in [1.82, 2.24) is 14.8 Å². The number of pyridine rings is 1. The van der Waals surface area contributed by atoms with E-state index in [1.165, 1.54) is 0 Å². The molecular formula is C22H21N5O4. The van der Waals surface area contributed by atoms with E-state index in [1.807, 2.05) is 24.3 Å². The van der Waals surface area contributed by atoms with Crippen LogP contribution in [0.15, 0.2) is 54.9 Å². The lowest BCUT2D eigenvalue weighted by molar-refractivity contribution is -0.122. The van der Waals surface area contributed by atoms with E-state index in [-0.39, 0.29) is 18.2 Å². The number of nitrogens with one attached hydrogen (secondary N) is 1. The van der Waals surface area contributed by atoms with E-state index < -0.39 is 5.92 Å². The highest BCUT2D eigenvalue weighted by Crippen LogP contribution is 2.36. The van der Waals surface area contributed by atoms with Gasteiger partial charge in [0.2, 0.25) is 11.8 Å². The van der Waals surface area contributed by atoms with Crippen LogP contribution in [0.25, 0.3) is 0 Å². The second-order valence-electron chi connectivity index (χ2n) is 7.42. The summed E-state index contributed by atoms with van der Waals surface area (Å²) in [7, 11) is 0. The SMILES string of the molecule is O=C(Nc1ccnn1Cc1ccccn1)[C@H]1CC(=O)N(c2ccc3c(c2)OCCO3)C1. The lowest BCUT2D eigenvalue weighted by atomic mass is 10.1. The molecule has 2 aromatic heterocycles. The van der Waals surface area contributed by atoms with Gasteiger partial charge in [0.1, 0.15) is 19.0 Å². The summed E-state index contributed by atoms with van der Waals surface area (Å²) in [5, 5.41) is 7.17. The molecule has 0 aliphatic carbocycles. The van der Waals surface area contributed by atoms with E-state index >= 15 is 0 Å². The standard InChI is InChI=1S/C22H21N5O4/c28-21-11-15(13-26(21)17-4-5-18-19(12-17)31-10-9-30-18)22(29)25-20-6-8-24-27(20)14-16-3-1-2-7-23-16/h1-8,12,15H,9-11,13-14H2,(H,25,29)/t15-/m0/s1. The second-order valence-corrected chi connectivity index (χ2v) is 7.42. The summed E-state index contributed by atoms with van der Waals surface area (Å²) in [5.74, 6) is 1.08. The van der Waals surface area contributed by atoms with Gasteiger partial charge in [0, 0.05) is 37.0 Å². The van der Waals surface area contributed by atoms with Gasteiger partial charge in [-0.15, -0.1) is 0 Å². The van der Waals surface area contributed by atoms with Crippen LogP contribution < -0.4 is 19.7 Å². The lowest BCUT2D eigenvalue weighted by Gasteiger charge is -2.22. The van der Waals surface area contributed by atoms with Gasteiger partial charge in [-0.2, -0.15) is 5.10 Å². The van der Waals surface area contributed by atoms with Crippen molar-refractivity contribution in [2.45, 2.75) is 13.0 Å². The Morgan fingerprint density at radius 1 is 1.10 bits per heavy atom. The molecule has 9 nitrogen and oxygen atoms in total. The Morgan fingerprint density at radius 2 is 1.97 bits per heavy atom. The fraction of sp³-hybridized carbons (Fsp3) is 0.273. The van der Waals surface area contributed by atoms with Crippen LogP contribution in [0.1, 0.15) is 12.1 Å². The van der Waals surface area contributed by atoms with Gasteiger partial charge in [0.05, 0.1) is 24.4 Å². The maximum absolute atomic E-state index is 12.9. The number of carbonyl (C=O) groups excluding carboxylic acids is 2. The normalized spacial score (nSPS) is 17.6. The molecule has 0 spiro atoms. The Hall–Kier alpha value is -3.88. The number of anilines is 2. The number of nitrogens with zero attached hydrogens (tertiary/aromatic N) is 4. The molecule has 9 heteroatoms. The number of hydrogen-bond acceptors (Lipinski definition) is 6. The van der Waals surface area contributed by atoms with E-state index in [2.05, 4.69) is 15.4 Å². The zero-order valence-corrected chi connectivity index (χ0v) is 16.7. The van der Waals surface area contributed by atoms with Crippen LogP contribution in [-0.2, 0) is 16.1 Å². The molecule has 0 radical (unpaired) electrons. The van der Waals surface area contributed by atoms with Crippen molar-refractivity contribution in [2.75, 3.05) is 30.0 Å². The zero-order chi connectivity index (χ0) is 21.2. The van der Waals surface area contributed by atoms with Crippen molar-refractivity contribution in [3.63, 3.8) is 0 Å². The third-order valence-corrected chi connectivity index (χ3v) is 5.34. The van der Waals surface area contributed by atoms with Gasteiger partial charge < -0.3 is 19.7 Å². The fourth-order valence-electron chi connectivity index (χ4n) is 3.77. The molecule has 1 N–H and O–H groups in total. The van der Waals surface area contributed by atoms with Gasteiger partial charge in [-0.25, -0.2) is 4.68 Å². The van der Waals surface area contributed by atoms with Gasteiger partial charge in [0.25, 0.3) is 0 Å². The first-order valence-electron chi connectivity index (χ1n) is 10.1. The number of fused-ring (bicyclic) bond motifs is 1. The smallest absolute Gasteiger partial charge is 0.230 e. The first kappa shape index (κ1) is 19.1. The van der Waals surface area contributed by atoms with E-state index in [4.69, 9.17) is 9.47 Å². The monoisotopic (exact) mass is 419 g/mol. The minimum atomic E-state index is -0.459. The molecule has 2 amide bonds. The number of carbonyl (C=O) groups is 2. The Morgan fingerprint density at radius 3 is 2.81 bits per heavy atom. The van der Waals surface area contributed by atoms with Gasteiger partial charge >= 0.3 is 0 Å². The molecule has 0 bridgehead atoms. The third kappa shape index (κ3) is 3.94. The van der Waals surface area contributed by atoms with Gasteiger partial charge in [-0.05, 0) is 24.3 Å². The minimum absolute atomic E-state index is 0.0983. The summed E-state index contributed by atoms with van der Waals surface area (Å²) in [5.41, 5.74) is 1.53. The molecule has 3 aromatic rings. The highest BCUT2D eigenvalue weighted by molar-refractivity contribution is 6.03. The lowest BCUT2D eigenvalue weighted by Crippen LogP contribution is -2.29. The van der Waals surface area contributed by atoms with Crippen LogP contribution in [0.4, 0.5) is 11.5 Å². The number of hydrogen-bond donors (Lipinski definition) is 1. The molecule has 0 unspecified atom stereocenters. The number of aromatic nitrogens is 3. The topological polar surface area (TPSA) is 98.6 Å². The highest BCUT2D eigenvalue weighted by Gasteiger charge is 2.36. The van der Waals surface area contributed by atoms with Crippen LogP contribution in [0.5, 0.6) is 11.5 Å². The number of rotatable bonds is 5. The van der Waals surface area contributed by atoms with Crippen molar-refractivity contribution in [3.05, 3.63) is 60.6 Å². The van der Waals surface area contributed by atoms with Gasteiger partial charge in [-0.1, -0.05) is 6.07 Å². The third-order valence-electron chi connectivity index (χ3n) is 5.34. The van der Waals surface area contributed by atoms with E-state index in [9.17, 15) is 9.59 Å². The molecule has 2 aliphatic rings. The molecule has 0 saturated carbocycles. The predicted octanol–water partition coefficient (Wildman–Crippen LogP) is 2.09. The van der Waals surface area contributed by atoms with Crippen LogP contribution in [0.2, 0.25) is 0 Å². The largest absolute Gasteiger partial charge is 0.486 e. The molecule has 1 saturated heterocycles. The summed E-state index contributed by atoms with van der Waals surface area (Å²) < 4.78 is 12.8. The van der Waals surface area contributed by atoms with E-state index in [0.29, 0.717) is 49.3 Å². The van der Waals surface area contributed by atoms with E-state index in [1.54, 1.807) is 40.2 Å². The number of ether oxygens (including phenoxy) is 2. The highest BCUT2D eigenvalue weighted by atomic mass is 16.6. The summed E-state index contributed by atoms with van der Waals surface area (Å²) in [6, 6.07) is 12.8. The van der Waals surface area contributed by atoms with Crippen molar-refractivity contribution in [2.24, 2.45) is 5.92 Å². The molecule has 1 fully saturated rings. The van der Waals surface area contributed by atoms with Crippen LogP contribution >= 0.6 is 0 Å². The quantitative estimate of drug-likeness (QED) is 0.680. The molecule has 1 atom stereocenters. The molecule has 1 aromatic carbocycles. The van der Waals surface area contributed by atoms with Crippen molar-refractivity contribution < 1.29 is 19.1 Å². The Kier molecular flexibility index (Phi) is 4.99. The molecule has 31 heavy (non-hydrogen) atoms. The van der Waals surface area contributed by atoms with Crippen LogP contribution in [0.3, 0.4) is 0 Å². The zero-order valence-electron chi connectivity index (χ0n) is 16.7. The maximum Gasteiger partial charge on any atom is 0.230 e. The first-order valence-corrected chi connectivity index (χ1v) is 10.1. The Balaban J connectivity index is 1.27. The summed E-state index contributed by atoms with van der Waals surface area (Å²) in [4.78, 5) is 31.4. The van der Waals surface area contributed by atoms with Crippen molar-refractivity contribution in [1.29, 1.82) is 0 Å². The average Bonchev–Trinajstić information content (AvgIpc) is 3.40. The second kappa shape index (κ2) is 8.10. The molecular weight excluding hydrogens is 398 g/mol. The van der Waals surface area contributed by atoms with Crippen molar-refractivity contribution >= 4 is 23.3 Å². The van der Waals surface area contributed by atoms with Crippen LogP contribution in [-0.4, -0.2) is 46.3 Å². The van der Waals surface area contributed by atoms with E-state index in [0.717, 1.165) is 5.69 Å². The fourth-order valence-corrected chi connectivity index (χ4v) is 3.77. The van der Waals surface area contributed by atoms with Crippen LogP contribution in [0, 0.1) is 5.92 Å². The number of amides is 2. The maximum atomic E-state index is 12.9. The minimum Gasteiger partial charge on any atom is -0.486 e. The predicted molar refractivity (Wildman–Crippen MR) is 112 cm³/mol. The molecule has 158 valence electrons. The Labute approximate surface area is 178 Å². The average molecular weight is 419 g/mol. The summed E-state index contributed by atoms with van der Waals surface area (Å²) in [6.07, 6.45) is 3.49. The summed E-state index contributed by atoms with van der Waals surface area (Å²) >= 11 is 0. The summed E-state index contributed by atoms with van der Waals surface area (Å²) in [6.45, 7) is 1.73.